The smallest absolute Gasteiger partial charge is 0.263 e. The SMILES string of the molecule is CC(C)[C@@H]1CCc2c1cc(C(=O)Nc1ncc(F)cn1)c(=O)n2C. The van der Waals surface area contributed by atoms with Crippen molar-refractivity contribution in [1.82, 2.24) is 14.5 Å². The van der Waals surface area contributed by atoms with E-state index in [0.29, 0.717) is 11.8 Å². The second kappa shape index (κ2) is 6.14. The number of amides is 1. The van der Waals surface area contributed by atoms with E-state index in [0.717, 1.165) is 36.5 Å². The van der Waals surface area contributed by atoms with E-state index in [1.54, 1.807) is 17.7 Å². The number of anilines is 1. The van der Waals surface area contributed by atoms with Gasteiger partial charge in [-0.15, -0.1) is 0 Å². The number of carbonyl (C=O) groups excluding carboxylic acids is 1. The van der Waals surface area contributed by atoms with Gasteiger partial charge >= 0.3 is 0 Å². The van der Waals surface area contributed by atoms with Crippen LogP contribution in [-0.2, 0) is 13.5 Å². The number of nitrogens with one attached hydrogen (secondary N) is 1. The van der Waals surface area contributed by atoms with Crippen LogP contribution in [-0.4, -0.2) is 20.4 Å². The molecule has 0 aromatic carbocycles. The number of hydrogen-bond acceptors (Lipinski definition) is 4. The highest BCUT2D eigenvalue weighted by molar-refractivity contribution is 6.03. The topological polar surface area (TPSA) is 76.9 Å². The van der Waals surface area contributed by atoms with Gasteiger partial charge in [0.2, 0.25) is 5.95 Å². The standard InChI is InChI=1S/C17H19FN4O2/c1-9(2)11-4-5-14-12(11)6-13(16(24)22(14)3)15(23)21-17-19-7-10(18)8-20-17/h6-9,11H,4-5H2,1-3H3,(H,19,20,21,23)/t11-/m0/s1. The molecule has 1 amide bonds. The van der Waals surface area contributed by atoms with E-state index in [1.807, 2.05) is 0 Å². The molecular formula is C17H19FN4O2. The molecule has 2 aromatic heterocycles. The molecular weight excluding hydrogens is 311 g/mol. The predicted molar refractivity (Wildman–Crippen MR) is 87.5 cm³/mol. The number of nitrogens with zero attached hydrogens (tertiary/aromatic N) is 3. The first kappa shape index (κ1) is 16.3. The van der Waals surface area contributed by atoms with Crippen LogP contribution in [0, 0.1) is 11.7 Å². The lowest BCUT2D eigenvalue weighted by Crippen LogP contribution is -2.30. The van der Waals surface area contributed by atoms with Crippen LogP contribution in [0.4, 0.5) is 10.3 Å². The summed E-state index contributed by atoms with van der Waals surface area (Å²) in [6, 6.07) is 1.69. The van der Waals surface area contributed by atoms with Crippen molar-refractivity contribution in [3.8, 4) is 0 Å². The lowest BCUT2D eigenvalue weighted by atomic mass is 9.90. The summed E-state index contributed by atoms with van der Waals surface area (Å²) in [5.74, 6) is -0.453. The molecule has 2 aromatic rings. The van der Waals surface area contributed by atoms with E-state index >= 15 is 0 Å². The Hall–Kier alpha value is -2.57. The normalized spacial score (nSPS) is 16.3. The molecule has 0 fully saturated rings. The van der Waals surface area contributed by atoms with Crippen molar-refractivity contribution in [2.45, 2.75) is 32.6 Å². The summed E-state index contributed by atoms with van der Waals surface area (Å²) in [5, 5.41) is 2.45. The highest BCUT2D eigenvalue weighted by atomic mass is 19.1. The summed E-state index contributed by atoms with van der Waals surface area (Å²) in [6.45, 7) is 4.27. The lowest BCUT2D eigenvalue weighted by Gasteiger charge is -2.17. The summed E-state index contributed by atoms with van der Waals surface area (Å²) in [5.41, 5.74) is 1.75. The van der Waals surface area contributed by atoms with Gasteiger partial charge in [0.15, 0.2) is 5.82 Å². The summed E-state index contributed by atoms with van der Waals surface area (Å²) in [6.07, 6.45) is 3.73. The second-order valence-electron chi connectivity index (χ2n) is 6.39. The Kier molecular flexibility index (Phi) is 4.17. The van der Waals surface area contributed by atoms with Crippen molar-refractivity contribution >= 4 is 11.9 Å². The predicted octanol–water partition coefficient (Wildman–Crippen LogP) is 2.25. The molecule has 0 radical (unpaired) electrons. The van der Waals surface area contributed by atoms with Crippen LogP contribution in [0.15, 0.2) is 23.3 Å². The molecule has 0 unspecified atom stereocenters. The number of hydrogen-bond donors (Lipinski definition) is 1. The molecule has 3 rings (SSSR count). The average Bonchev–Trinajstić information content (AvgIpc) is 2.97. The summed E-state index contributed by atoms with van der Waals surface area (Å²) in [4.78, 5) is 32.3. The Morgan fingerprint density at radius 3 is 2.67 bits per heavy atom. The highest BCUT2D eigenvalue weighted by Gasteiger charge is 2.29. The van der Waals surface area contributed by atoms with Gasteiger partial charge in [0.25, 0.3) is 11.5 Å². The van der Waals surface area contributed by atoms with Crippen LogP contribution < -0.4 is 10.9 Å². The fourth-order valence-electron chi connectivity index (χ4n) is 3.28. The van der Waals surface area contributed by atoms with Gasteiger partial charge in [-0.2, -0.15) is 0 Å². The molecule has 1 aliphatic rings. The molecule has 1 aliphatic carbocycles. The number of carbonyl (C=O) groups is 1. The molecule has 24 heavy (non-hydrogen) atoms. The summed E-state index contributed by atoms with van der Waals surface area (Å²) in [7, 11) is 1.69. The number of halogens is 1. The first-order valence-electron chi connectivity index (χ1n) is 7.90. The Labute approximate surface area is 138 Å². The largest absolute Gasteiger partial charge is 0.315 e. The summed E-state index contributed by atoms with van der Waals surface area (Å²) < 4.78 is 14.4. The molecule has 0 aliphatic heterocycles. The molecule has 2 heterocycles. The monoisotopic (exact) mass is 330 g/mol. The zero-order chi connectivity index (χ0) is 17.4. The fraction of sp³-hybridized carbons (Fsp3) is 0.412. The Morgan fingerprint density at radius 1 is 1.38 bits per heavy atom. The van der Waals surface area contributed by atoms with Gasteiger partial charge in [-0.3, -0.25) is 14.9 Å². The maximum absolute atomic E-state index is 12.8. The zero-order valence-corrected chi connectivity index (χ0v) is 13.8. The number of aromatic nitrogens is 3. The average molecular weight is 330 g/mol. The Morgan fingerprint density at radius 2 is 2.04 bits per heavy atom. The molecule has 126 valence electrons. The molecule has 0 spiro atoms. The van der Waals surface area contributed by atoms with E-state index in [2.05, 4.69) is 29.1 Å². The molecule has 1 atom stereocenters. The van der Waals surface area contributed by atoms with E-state index in [9.17, 15) is 14.0 Å². The molecule has 0 saturated heterocycles. The van der Waals surface area contributed by atoms with Crippen molar-refractivity contribution in [3.63, 3.8) is 0 Å². The van der Waals surface area contributed by atoms with Crippen LogP contribution in [0.5, 0.6) is 0 Å². The second-order valence-corrected chi connectivity index (χ2v) is 6.39. The van der Waals surface area contributed by atoms with Gasteiger partial charge in [0.1, 0.15) is 5.56 Å². The zero-order valence-electron chi connectivity index (χ0n) is 13.8. The van der Waals surface area contributed by atoms with Crippen LogP contribution in [0.2, 0.25) is 0 Å². The molecule has 6 nitrogen and oxygen atoms in total. The van der Waals surface area contributed by atoms with Gasteiger partial charge in [-0.25, -0.2) is 14.4 Å². The van der Waals surface area contributed by atoms with Gasteiger partial charge in [0, 0.05) is 12.7 Å². The molecule has 7 heteroatoms. The fourth-order valence-corrected chi connectivity index (χ4v) is 3.28. The minimum Gasteiger partial charge on any atom is -0.315 e. The van der Waals surface area contributed by atoms with Crippen molar-refractivity contribution in [1.29, 1.82) is 0 Å². The third-order valence-electron chi connectivity index (χ3n) is 4.56. The van der Waals surface area contributed by atoms with Gasteiger partial charge < -0.3 is 4.57 Å². The third-order valence-corrected chi connectivity index (χ3v) is 4.56. The molecule has 0 saturated carbocycles. The minimum atomic E-state index is -0.596. The first-order valence-corrected chi connectivity index (χ1v) is 7.90. The van der Waals surface area contributed by atoms with Crippen molar-refractivity contribution in [2.24, 2.45) is 13.0 Å². The van der Waals surface area contributed by atoms with E-state index in [4.69, 9.17) is 0 Å². The quantitative estimate of drug-likeness (QED) is 0.936. The van der Waals surface area contributed by atoms with Gasteiger partial charge in [-0.1, -0.05) is 13.8 Å². The van der Waals surface area contributed by atoms with Crippen LogP contribution in [0.3, 0.4) is 0 Å². The molecule has 1 N–H and O–H groups in total. The van der Waals surface area contributed by atoms with E-state index in [1.165, 1.54) is 0 Å². The van der Waals surface area contributed by atoms with Crippen LogP contribution >= 0.6 is 0 Å². The van der Waals surface area contributed by atoms with E-state index in [-0.39, 0.29) is 17.1 Å². The van der Waals surface area contributed by atoms with Crippen molar-refractivity contribution < 1.29 is 9.18 Å². The highest BCUT2D eigenvalue weighted by Crippen LogP contribution is 2.37. The Bertz CT molecular complexity index is 843. The first-order chi connectivity index (χ1) is 11.4. The lowest BCUT2D eigenvalue weighted by molar-refractivity contribution is 0.102. The Balaban J connectivity index is 1.97. The van der Waals surface area contributed by atoms with Gasteiger partial charge in [-0.05, 0) is 36.3 Å². The van der Waals surface area contributed by atoms with Crippen molar-refractivity contribution in [3.05, 3.63) is 51.5 Å². The van der Waals surface area contributed by atoms with Crippen LogP contribution in [0.1, 0.15) is 47.8 Å². The minimum absolute atomic E-state index is 0.0376. The maximum Gasteiger partial charge on any atom is 0.263 e. The van der Waals surface area contributed by atoms with Gasteiger partial charge in [0.05, 0.1) is 12.4 Å². The number of pyridine rings is 1. The number of rotatable bonds is 3. The van der Waals surface area contributed by atoms with E-state index < -0.39 is 11.7 Å². The summed E-state index contributed by atoms with van der Waals surface area (Å²) >= 11 is 0. The molecule has 0 bridgehead atoms. The van der Waals surface area contributed by atoms with Crippen molar-refractivity contribution in [2.75, 3.05) is 5.32 Å². The van der Waals surface area contributed by atoms with Crippen LogP contribution in [0.25, 0.3) is 0 Å². The third kappa shape index (κ3) is 2.81. The number of fused-ring (bicyclic) bond motifs is 1. The maximum atomic E-state index is 12.8.